The number of hydrogen-bond acceptors (Lipinski definition) is 5. The molecule has 0 aliphatic rings. The van der Waals surface area contributed by atoms with Gasteiger partial charge < -0.3 is 15.2 Å². The number of amides is 2. The zero-order chi connectivity index (χ0) is 19.5. The molecule has 2 aromatic carbocycles. The lowest BCUT2D eigenvalue weighted by atomic mass is 10.1. The molecule has 0 fully saturated rings. The maximum absolute atomic E-state index is 11.8. The molecule has 0 bridgehead atoms. The number of ether oxygens (including phenoxy) is 1. The van der Waals surface area contributed by atoms with E-state index in [4.69, 9.17) is 4.74 Å². The van der Waals surface area contributed by atoms with Gasteiger partial charge in [-0.25, -0.2) is 5.43 Å². The van der Waals surface area contributed by atoms with E-state index in [1.807, 2.05) is 37.3 Å². The first kappa shape index (κ1) is 20.0. The van der Waals surface area contributed by atoms with Crippen molar-refractivity contribution >= 4 is 18.0 Å². The fourth-order valence-electron chi connectivity index (χ4n) is 2.30. The molecular weight excluding hydrogens is 346 g/mol. The minimum atomic E-state index is -0.507. The van der Waals surface area contributed by atoms with Crippen molar-refractivity contribution < 1.29 is 19.4 Å². The standard InChI is InChI=1S/C20H23N3O4/c1-2-27-18-12-16(8-9-17(18)24)14-22-23-20(26)13-19(25)21-11-10-15-6-4-3-5-7-15/h3-9,12,14,24H,2,10-11,13H2,1H3,(H,21,25)(H,23,26). The number of nitrogens with zero attached hydrogens (tertiary/aromatic N) is 1. The Balaban J connectivity index is 1.72. The Hall–Kier alpha value is -3.35. The molecule has 0 radical (unpaired) electrons. The van der Waals surface area contributed by atoms with E-state index in [0.717, 1.165) is 5.56 Å². The molecule has 0 atom stereocenters. The van der Waals surface area contributed by atoms with E-state index in [0.29, 0.717) is 30.9 Å². The quantitative estimate of drug-likeness (QED) is 0.357. The van der Waals surface area contributed by atoms with Crippen LogP contribution in [0.1, 0.15) is 24.5 Å². The van der Waals surface area contributed by atoms with Crippen LogP contribution in [0.4, 0.5) is 0 Å². The Kier molecular flexibility index (Phi) is 7.84. The summed E-state index contributed by atoms with van der Waals surface area (Å²) in [5.41, 5.74) is 4.06. The molecule has 0 unspecified atom stereocenters. The lowest BCUT2D eigenvalue weighted by Crippen LogP contribution is -2.31. The molecule has 7 heteroatoms. The van der Waals surface area contributed by atoms with Crippen LogP contribution in [0.2, 0.25) is 0 Å². The van der Waals surface area contributed by atoms with Crippen LogP contribution in [0.3, 0.4) is 0 Å². The molecule has 3 N–H and O–H groups in total. The second-order valence-electron chi connectivity index (χ2n) is 5.72. The van der Waals surface area contributed by atoms with E-state index in [2.05, 4.69) is 15.8 Å². The molecule has 142 valence electrons. The van der Waals surface area contributed by atoms with Gasteiger partial charge in [-0.2, -0.15) is 5.10 Å². The third-order valence-electron chi connectivity index (χ3n) is 3.59. The van der Waals surface area contributed by atoms with E-state index < -0.39 is 5.91 Å². The largest absolute Gasteiger partial charge is 0.504 e. The van der Waals surface area contributed by atoms with E-state index >= 15 is 0 Å². The Labute approximate surface area is 158 Å². The summed E-state index contributed by atoms with van der Waals surface area (Å²) in [6, 6.07) is 14.5. The Bertz CT molecular complexity index is 791. The van der Waals surface area contributed by atoms with Crippen molar-refractivity contribution in [1.82, 2.24) is 10.7 Å². The fourth-order valence-corrected chi connectivity index (χ4v) is 2.30. The second-order valence-corrected chi connectivity index (χ2v) is 5.72. The molecule has 0 spiro atoms. The number of phenolic OH excluding ortho intramolecular Hbond substituents is 1. The Morgan fingerprint density at radius 3 is 2.67 bits per heavy atom. The molecule has 0 heterocycles. The lowest BCUT2D eigenvalue weighted by molar-refractivity contribution is -0.129. The summed E-state index contributed by atoms with van der Waals surface area (Å²) in [5.74, 6) is -0.495. The van der Waals surface area contributed by atoms with Crippen LogP contribution in [0.15, 0.2) is 53.6 Å². The summed E-state index contributed by atoms with van der Waals surface area (Å²) >= 11 is 0. The minimum absolute atomic E-state index is 0.0326. The molecule has 0 saturated heterocycles. The molecule has 0 aliphatic carbocycles. The summed E-state index contributed by atoms with van der Waals surface area (Å²) in [4.78, 5) is 23.5. The second kappa shape index (κ2) is 10.6. The summed E-state index contributed by atoms with van der Waals surface area (Å²) in [7, 11) is 0. The van der Waals surface area contributed by atoms with Gasteiger partial charge in [-0.1, -0.05) is 30.3 Å². The van der Waals surface area contributed by atoms with Crippen LogP contribution in [0.5, 0.6) is 11.5 Å². The average Bonchev–Trinajstić information content (AvgIpc) is 2.65. The molecule has 7 nitrogen and oxygen atoms in total. The third kappa shape index (κ3) is 7.19. The maximum Gasteiger partial charge on any atom is 0.249 e. The van der Waals surface area contributed by atoms with E-state index in [9.17, 15) is 14.7 Å². The predicted molar refractivity (Wildman–Crippen MR) is 103 cm³/mol. The summed E-state index contributed by atoms with van der Waals surface area (Å²) in [6.07, 6.45) is 1.81. The van der Waals surface area contributed by atoms with Gasteiger partial charge in [-0.15, -0.1) is 0 Å². The number of benzene rings is 2. The molecule has 0 saturated carbocycles. The number of aromatic hydroxyl groups is 1. The van der Waals surface area contributed by atoms with Crippen molar-refractivity contribution in [3.05, 3.63) is 59.7 Å². The van der Waals surface area contributed by atoms with Crippen LogP contribution in [0.25, 0.3) is 0 Å². The average molecular weight is 369 g/mol. The summed E-state index contributed by atoms with van der Waals surface area (Å²) in [5, 5.41) is 16.2. The zero-order valence-corrected chi connectivity index (χ0v) is 15.1. The number of phenols is 1. The molecule has 27 heavy (non-hydrogen) atoms. The SMILES string of the molecule is CCOc1cc(C=NNC(=O)CC(=O)NCCc2ccccc2)ccc1O. The molecule has 0 aromatic heterocycles. The van der Waals surface area contributed by atoms with Gasteiger partial charge in [0, 0.05) is 6.54 Å². The predicted octanol–water partition coefficient (Wildman–Crippen LogP) is 1.99. The summed E-state index contributed by atoms with van der Waals surface area (Å²) < 4.78 is 5.27. The van der Waals surface area contributed by atoms with Gasteiger partial charge in [0.15, 0.2) is 11.5 Å². The third-order valence-corrected chi connectivity index (χ3v) is 3.59. The fraction of sp³-hybridized carbons (Fsp3) is 0.250. The Morgan fingerprint density at radius 2 is 1.93 bits per heavy atom. The van der Waals surface area contributed by atoms with Gasteiger partial charge in [0.25, 0.3) is 0 Å². The van der Waals surface area contributed by atoms with Crippen molar-refractivity contribution in [1.29, 1.82) is 0 Å². The number of hydrogen-bond donors (Lipinski definition) is 3. The Morgan fingerprint density at radius 1 is 1.15 bits per heavy atom. The topological polar surface area (TPSA) is 100 Å². The van der Waals surface area contributed by atoms with Gasteiger partial charge in [-0.05, 0) is 42.7 Å². The van der Waals surface area contributed by atoms with Crippen LogP contribution in [-0.2, 0) is 16.0 Å². The van der Waals surface area contributed by atoms with Gasteiger partial charge in [-0.3, -0.25) is 9.59 Å². The summed E-state index contributed by atoms with van der Waals surface area (Å²) in [6.45, 7) is 2.70. The number of nitrogens with one attached hydrogen (secondary N) is 2. The highest BCUT2D eigenvalue weighted by Gasteiger charge is 2.08. The smallest absolute Gasteiger partial charge is 0.249 e. The first-order valence-electron chi connectivity index (χ1n) is 8.67. The van der Waals surface area contributed by atoms with E-state index in [1.54, 1.807) is 12.1 Å². The number of rotatable bonds is 9. The first-order valence-corrected chi connectivity index (χ1v) is 8.67. The highest BCUT2D eigenvalue weighted by atomic mass is 16.5. The number of hydrazone groups is 1. The highest BCUT2D eigenvalue weighted by Crippen LogP contribution is 2.26. The van der Waals surface area contributed by atoms with Gasteiger partial charge in [0.05, 0.1) is 12.8 Å². The van der Waals surface area contributed by atoms with Gasteiger partial charge in [0.2, 0.25) is 11.8 Å². The van der Waals surface area contributed by atoms with Crippen LogP contribution < -0.4 is 15.5 Å². The van der Waals surface area contributed by atoms with Crippen molar-refractivity contribution in [2.45, 2.75) is 19.8 Å². The van der Waals surface area contributed by atoms with Gasteiger partial charge >= 0.3 is 0 Å². The van der Waals surface area contributed by atoms with Crippen LogP contribution in [-0.4, -0.2) is 36.3 Å². The van der Waals surface area contributed by atoms with Crippen LogP contribution >= 0.6 is 0 Å². The zero-order valence-electron chi connectivity index (χ0n) is 15.1. The molecule has 2 aromatic rings. The first-order chi connectivity index (χ1) is 13.1. The normalized spacial score (nSPS) is 10.6. The van der Waals surface area contributed by atoms with Crippen LogP contribution in [0, 0.1) is 0 Å². The van der Waals surface area contributed by atoms with Crippen molar-refractivity contribution in [2.75, 3.05) is 13.2 Å². The number of carbonyl (C=O) groups excluding carboxylic acids is 2. The van der Waals surface area contributed by atoms with Gasteiger partial charge in [0.1, 0.15) is 6.42 Å². The lowest BCUT2D eigenvalue weighted by Gasteiger charge is -2.06. The molecule has 2 amide bonds. The van der Waals surface area contributed by atoms with E-state index in [1.165, 1.54) is 12.3 Å². The van der Waals surface area contributed by atoms with E-state index in [-0.39, 0.29) is 18.1 Å². The maximum atomic E-state index is 11.8. The minimum Gasteiger partial charge on any atom is -0.504 e. The van der Waals surface area contributed by atoms with Crippen molar-refractivity contribution in [3.8, 4) is 11.5 Å². The molecular formula is C20H23N3O4. The highest BCUT2D eigenvalue weighted by molar-refractivity contribution is 5.97. The van der Waals surface area contributed by atoms with Crippen molar-refractivity contribution in [2.24, 2.45) is 5.10 Å². The number of carbonyl (C=O) groups is 2. The van der Waals surface area contributed by atoms with Crippen molar-refractivity contribution in [3.63, 3.8) is 0 Å². The molecule has 2 rings (SSSR count). The monoisotopic (exact) mass is 369 g/mol. The molecule has 0 aliphatic heterocycles.